The van der Waals surface area contributed by atoms with E-state index < -0.39 is 0 Å². The zero-order valence-electron chi connectivity index (χ0n) is 17.5. The van der Waals surface area contributed by atoms with Crippen molar-refractivity contribution in [3.63, 3.8) is 0 Å². The molecule has 3 aliphatic rings. The Labute approximate surface area is 182 Å². The van der Waals surface area contributed by atoms with Gasteiger partial charge in [-0.1, -0.05) is 30.3 Å². The monoisotopic (exact) mass is 422 g/mol. The van der Waals surface area contributed by atoms with Gasteiger partial charge in [0.05, 0.1) is 5.56 Å². The average Bonchev–Trinajstić information content (AvgIpc) is 3.67. The number of carbonyl (C=O) groups is 2. The van der Waals surface area contributed by atoms with Crippen LogP contribution in [-0.2, 0) is 30.6 Å². The summed E-state index contributed by atoms with van der Waals surface area (Å²) >= 11 is 1.72. The largest absolute Gasteiger partial charge is 0.352 e. The number of rotatable bonds is 9. The molecule has 1 aliphatic heterocycles. The van der Waals surface area contributed by atoms with Gasteiger partial charge in [-0.25, -0.2) is 0 Å². The van der Waals surface area contributed by atoms with Crippen LogP contribution < -0.4 is 5.32 Å². The number of ketones is 1. The van der Waals surface area contributed by atoms with Gasteiger partial charge in [-0.3, -0.25) is 14.5 Å². The molecule has 0 atom stereocenters. The van der Waals surface area contributed by atoms with Crippen molar-refractivity contribution >= 4 is 23.0 Å². The second-order valence-electron chi connectivity index (χ2n) is 9.13. The van der Waals surface area contributed by atoms with Gasteiger partial charge >= 0.3 is 0 Å². The molecule has 0 unspecified atom stereocenters. The van der Waals surface area contributed by atoms with E-state index in [9.17, 15) is 9.59 Å². The number of nitrogens with zero attached hydrogens (tertiary/aromatic N) is 1. The molecule has 0 saturated heterocycles. The fraction of sp³-hybridized carbons (Fsp3) is 0.520. The van der Waals surface area contributed by atoms with Gasteiger partial charge in [-0.05, 0) is 55.6 Å². The number of amides is 1. The van der Waals surface area contributed by atoms with Gasteiger partial charge in [-0.15, -0.1) is 11.3 Å². The maximum Gasteiger partial charge on any atom is 0.252 e. The number of carbonyl (C=O) groups excluding carboxylic acids is 2. The average molecular weight is 423 g/mol. The molecule has 5 rings (SSSR count). The molecule has 1 aromatic heterocycles. The normalized spacial score (nSPS) is 18.8. The van der Waals surface area contributed by atoms with Gasteiger partial charge < -0.3 is 5.32 Å². The SMILES string of the molecule is O=C(NCC1CC1)c1c(CC(=O)C2CC2)sc2c1CN(CCc1ccccc1)CC2. The van der Waals surface area contributed by atoms with Gasteiger partial charge in [0.1, 0.15) is 5.78 Å². The van der Waals surface area contributed by atoms with E-state index in [1.165, 1.54) is 28.8 Å². The predicted octanol–water partition coefficient (Wildman–Crippen LogP) is 4.01. The van der Waals surface area contributed by atoms with Crippen LogP contribution in [0.5, 0.6) is 0 Å². The highest BCUT2D eigenvalue weighted by atomic mass is 32.1. The molecule has 0 bridgehead atoms. The standard InChI is InChI=1S/C25H30N2O2S/c28-21(19-8-9-19)14-23-24(25(29)26-15-18-6-7-18)20-16-27(13-11-22(20)30-23)12-10-17-4-2-1-3-5-17/h1-5,18-19H,6-16H2,(H,26,29). The van der Waals surface area contributed by atoms with Crippen molar-refractivity contribution in [3.05, 3.63) is 56.8 Å². The maximum absolute atomic E-state index is 13.1. The molecular weight excluding hydrogens is 392 g/mol. The Bertz CT molecular complexity index is 928. The quantitative estimate of drug-likeness (QED) is 0.664. The van der Waals surface area contributed by atoms with Crippen LogP contribution in [0.1, 0.15) is 56.9 Å². The van der Waals surface area contributed by atoms with E-state index in [-0.39, 0.29) is 11.8 Å². The molecule has 2 saturated carbocycles. The molecular formula is C25H30N2O2S. The lowest BCUT2D eigenvalue weighted by molar-refractivity contribution is -0.119. The second-order valence-corrected chi connectivity index (χ2v) is 10.3. The Balaban J connectivity index is 1.33. The fourth-order valence-corrected chi connectivity index (χ4v) is 5.68. The first-order chi connectivity index (χ1) is 14.7. The first-order valence-corrected chi connectivity index (χ1v) is 12.2. The Morgan fingerprint density at radius 1 is 1.10 bits per heavy atom. The molecule has 2 aromatic rings. The lowest BCUT2D eigenvalue weighted by atomic mass is 9.99. The van der Waals surface area contributed by atoms with Crippen LogP contribution in [0.2, 0.25) is 0 Å². The van der Waals surface area contributed by atoms with Crippen LogP contribution in [0, 0.1) is 11.8 Å². The number of fused-ring (bicyclic) bond motifs is 1. The zero-order valence-corrected chi connectivity index (χ0v) is 18.3. The molecule has 158 valence electrons. The van der Waals surface area contributed by atoms with E-state index in [0.717, 1.165) is 62.3 Å². The summed E-state index contributed by atoms with van der Waals surface area (Å²) in [4.78, 5) is 30.5. The van der Waals surface area contributed by atoms with Crippen LogP contribution >= 0.6 is 11.3 Å². The highest BCUT2D eigenvalue weighted by molar-refractivity contribution is 7.12. The van der Waals surface area contributed by atoms with Crippen LogP contribution in [0.25, 0.3) is 0 Å². The molecule has 2 fully saturated rings. The van der Waals surface area contributed by atoms with E-state index in [1.807, 2.05) is 0 Å². The Morgan fingerprint density at radius 2 is 1.90 bits per heavy atom. The lowest BCUT2D eigenvalue weighted by Crippen LogP contribution is -2.34. The summed E-state index contributed by atoms with van der Waals surface area (Å²) < 4.78 is 0. The number of thiophene rings is 1. The van der Waals surface area contributed by atoms with Gasteiger partial charge in [-0.2, -0.15) is 0 Å². The summed E-state index contributed by atoms with van der Waals surface area (Å²) in [6, 6.07) is 10.6. The molecule has 30 heavy (non-hydrogen) atoms. The number of nitrogens with one attached hydrogen (secondary N) is 1. The van der Waals surface area contributed by atoms with Crippen molar-refractivity contribution in [1.29, 1.82) is 0 Å². The third-order valence-corrected chi connectivity index (χ3v) is 7.89. The minimum absolute atomic E-state index is 0.0444. The minimum Gasteiger partial charge on any atom is -0.352 e. The van der Waals surface area contributed by atoms with Crippen LogP contribution in [-0.4, -0.2) is 36.2 Å². The second kappa shape index (κ2) is 8.64. The third-order valence-electron chi connectivity index (χ3n) is 6.60. The van der Waals surface area contributed by atoms with E-state index in [2.05, 4.69) is 40.5 Å². The molecule has 5 heteroatoms. The Kier molecular flexibility index (Phi) is 5.74. The molecule has 2 heterocycles. The molecule has 1 N–H and O–H groups in total. The van der Waals surface area contributed by atoms with E-state index in [1.54, 1.807) is 11.3 Å². The highest BCUT2D eigenvalue weighted by Gasteiger charge is 2.34. The Hall–Kier alpha value is -1.98. The Morgan fingerprint density at radius 3 is 2.63 bits per heavy atom. The van der Waals surface area contributed by atoms with Gasteiger partial charge in [0.25, 0.3) is 5.91 Å². The summed E-state index contributed by atoms with van der Waals surface area (Å²) in [6.45, 7) is 3.62. The summed E-state index contributed by atoms with van der Waals surface area (Å²) in [7, 11) is 0. The van der Waals surface area contributed by atoms with Gasteiger partial charge in [0.2, 0.25) is 0 Å². The number of hydrogen-bond acceptors (Lipinski definition) is 4. The predicted molar refractivity (Wildman–Crippen MR) is 120 cm³/mol. The smallest absolute Gasteiger partial charge is 0.252 e. The summed E-state index contributed by atoms with van der Waals surface area (Å²) in [6.07, 6.45) is 6.95. The molecule has 0 radical (unpaired) electrons. The maximum atomic E-state index is 13.1. The van der Waals surface area contributed by atoms with Crippen molar-refractivity contribution < 1.29 is 9.59 Å². The highest BCUT2D eigenvalue weighted by Crippen LogP contribution is 2.37. The van der Waals surface area contributed by atoms with E-state index >= 15 is 0 Å². The fourth-order valence-electron chi connectivity index (χ4n) is 4.37. The van der Waals surface area contributed by atoms with E-state index in [4.69, 9.17) is 0 Å². The summed E-state index contributed by atoms with van der Waals surface area (Å²) in [5.74, 6) is 1.27. The first kappa shape index (κ1) is 20.0. The van der Waals surface area contributed by atoms with Crippen molar-refractivity contribution in [2.24, 2.45) is 11.8 Å². The number of benzene rings is 1. The number of Topliss-reactive ketones (excluding diaryl/α,β-unsaturated/α-hetero) is 1. The topological polar surface area (TPSA) is 49.4 Å². The number of hydrogen-bond donors (Lipinski definition) is 1. The lowest BCUT2D eigenvalue weighted by Gasteiger charge is -2.27. The van der Waals surface area contributed by atoms with Crippen LogP contribution in [0.3, 0.4) is 0 Å². The minimum atomic E-state index is 0.0444. The van der Waals surface area contributed by atoms with Gasteiger partial charge in [0, 0.05) is 48.3 Å². The van der Waals surface area contributed by atoms with Crippen molar-refractivity contribution in [1.82, 2.24) is 10.2 Å². The zero-order chi connectivity index (χ0) is 20.5. The van der Waals surface area contributed by atoms with Gasteiger partial charge in [0.15, 0.2) is 0 Å². The van der Waals surface area contributed by atoms with Crippen LogP contribution in [0.15, 0.2) is 30.3 Å². The van der Waals surface area contributed by atoms with Crippen molar-refractivity contribution in [3.8, 4) is 0 Å². The molecule has 2 aliphatic carbocycles. The van der Waals surface area contributed by atoms with Crippen molar-refractivity contribution in [2.75, 3.05) is 19.6 Å². The van der Waals surface area contributed by atoms with Crippen molar-refractivity contribution in [2.45, 2.75) is 51.5 Å². The summed E-state index contributed by atoms with van der Waals surface area (Å²) in [5.41, 5.74) is 3.37. The van der Waals surface area contributed by atoms with Crippen LogP contribution in [0.4, 0.5) is 0 Å². The first-order valence-electron chi connectivity index (χ1n) is 11.4. The molecule has 4 nitrogen and oxygen atoms in total. The molecule has 1 aromatic carbocycles. The van der Waals surface area contributed by atoms with E-state index in [0.29, 0.717) is 18.1 Å². The molecule has 1 amide bonds. The summed E-state index contributed by atoms with van der Waals surface area (Å²) in [5, 5.41) is 3.17. The third kappa shape index (κ3) is 4.68. The molecule has 0 spiro atoms.